The Kier molecular flexibility index (Phi) is 17.7. The van der Waals surface area contributed by atoms with E-state index in [2.05, 4.69) is 28.2 Å². The average Bonchev–Trinajstić information content (AvgIpc) is 3.86. The smallest absolute Gasteiger partial charge is 0.305 e. The predicted molar refractivity (Wildman–Crippen MR) is 274 cm³/mol. The molecule has 0 spiro atoms. The van der Waals surface area contributed by atoms with E-state index in [4.69, 9.17) is 9.47 Å². The van der Waals surface area contributed by atoms with Crippen LogP contribution in [0.2, 0.25) is 0 Å². The molecule has 1 heterocycles. The summed E-state index contributed by atoms with van der Waals surface area (Å²) in [6.07, 6.45) is 0.304. The molecule has 20 heteroatoms. The molecule has 7 rings (SSSR count). The van der Waals surface area contributed by atoms with Crippen LogP contribution >= 0.6 is 23.5 Å². The van der Waals surface area contributed by atoms with Gasteiger partial charge in [-0.3, -0.25) is 33.6 Å². The van der Waals surface area contributed by atoms with Gasteiger partial charge in [0.15, 0.2) is 29.1 Å². The monoisotopic (exact) mass is 1070 g/mol. The number of hydrogen-bond acceptors (Lipinski definition) is 13. The number of aliphatic carboxylic acids is 1. The summed E-state index contributed by atoms with van der Waals surface area (Å²) in [6, 6.07) is 12.5. The van der Waals surface area contributed by atoms with Crippen LogP contribution in [0.1, 0.15) is 110 Å². The minimum absolute atomic E-state index is 0.00153. The first-order valence-corrected chi connectivity index (χ1v) is 27.2. The van der Waals surface area contributed by atoms with E-state index in [1.165, 1.54) is 56.4 Å². The van der Waals surface area contributed by atoms with Crippen molar-refractivity contribution < 1.29 is 67.1 Å². The number of anilines is 1. The molecule has 2 aromatic rings. The number of carbonyl (C=O) groups is 7. The van der Waals surface area contributed by atoms with Gasteiger partial charge in [0.1, 0.15) is 24.9 Å². The molecule has 5 aliphatic rings. The van der Waals surface area contributed by atoms with Crippen molar-refractivity contribution in [2.75, 3.05) is 18.5 Å². The second-order valence-electron chi connectivity index (χ2n) is 20.8. The second-order valence-corrected chi connectivity index (χ2v) is 23.5. The largest absolute Gasteiger partial charge is 0.481 e. The molecule has 2 aromatic carbocycles. The number of alkyl halides is 2. The summed E-state index contributed by atoms with van der Waals surface area (Å²) in [5.41, 5.74) is -4.98. The number of nitrogens with one attached hydrogen (secondary N) is 4. The number of ether oxygens (including phenoxy) is 2. The van der Waals surface area contributed by atoms with Crippen molar-refractivity contribution in [1.29, 1.82) is 0 Å². The molecule has 4 amide bonds. The number of Topliss-reactive ketones (excluding diaryl/α,β-unsaturated/α-hetero) is 1. The van der Waals surface area contributed by atoms with E-state index in [-0.39, 0.29) is 49.5 Å². The summed E-state index contributed by atoms with van der Waals surface area (Å²) >= 11 is 2.79. The Bertz CT molecular complexity index is 2550. The number of ketones is 2. The topological polar surface area (TPSA) is 247 Å². The lowest BCUT2D eigenvalue weighted by atomic mass is 9.44. The number of rotatable bonds is 22. The standard InChI is InChI=1S/C54H68F2N4O12S2/c1-7-8-10-29(2)74-41(25-46(66)67)49(70)57-20-18-45(65)58-30(3)47(68)59-31(4)48(69)60-34-11-9-12-36(21-34)73-28-32-13-15-33(16-14-32)50-71-44-24-37-38-23-40(55)39-22-35(62)17-19-51(39,5)53(38,56)42(63)26-52(37,6)54(44,72-50)43(64)27-61/h9,11-17,19,21-22,29-31,37-38,40-42,44,50,61,63H,7-8,10,18,20,23-28H2,1-6H3,(H,57,70)(H,58,65)(H,59,68)(H,60,69)(H,66,67)/t29?,30-,31-,37-,38-,40-,41?,42-,44+,50+,51-,52-,53-,54+/m0/s1. The van der Waals surface area contributed by atoms with E-state index >= 15 is 8.78 Å². The van der Waals surface area contributed by atoms with Crippen LogP contribution in [0.4, 0.5) is 14.5 Å². The van der Waals surface area contributed by atoms with Crippen molar-refractivity contribution >= 4 is 70.4 Å². The quantitative estimate of drug-likeness (QED) is 0.0647. The van der Waals surface area contributed by atoms with Gasteiger partial charge in [0.25, 0.3) is 0 Å². The molecule has 0 radical (unpaired) electrons. The SMILES string of the molecule is CCCCC(C)SC(CC(=O)O)C(=O)NCCC(=O)N[C@@H](C)C(=O)N[C@@H](C)C(=O)Nc1cccc(SCc2ccc([C@@H]3O[C@@H]4C[C@H]5[C@@H]6C[C@H](F)C7=CC(=O)C=C[C@]7(C)[C@@]6(F)[C@@H](O)C[C@]5(C)[C@]4(C(=O)CO)O3)cc2)c1. The van der Waals surface area contributed by atoms with E-state index in [0.29, 0.717) is 17.0 Å². The number of aliphatic hydroxyl groups is 2. The molecule has 4 fully saturated rings. The summed E-state index contributed by atoms with van der Waals surface area (Å²) in [7, 11) is 0. The fraction of sp³-hybridized carbons (Fsp3) is 0.574. The Labute approximate surface area is 438 Å². The number of carbonyl (C=O) groups excluding carboxylic acids is 6. The third-order valence-electron chi connectivity index (χ3n) is 15.9. The third kappa shape index (κ3) is 11.1. The highest BCUT2D eigenvalue weighted by atomic mass is 32.2. The molecular weight excluding hydrogens is 999 g/mol. The van der Waals surface area contributed by atoms with Gasteiger partial charge in [0.05, 0.1) is 23.9 Å². The highest BCUT2D eigenvalue weighted by Gasteiger charge is 2.80. The third-order valence-corrected chi connectivity index (χ3v) is 18.3. The number of aliphatic hydroxyl groups excluding tert-OH is 2. The van der Waals surface area contributed by atoms with Crippen molar-refractivity contribution in [2.24, 2.45) is 22.7 Å². The van der Waals surface area contributed by atoms with Crippen LogP contribution < -0.4 is 21.3 Å². The van der Waals surface area contributed by atoms with E-state index < -0.39 is 124 Å². The van der Waals surface area contributed by atoms with Crippen molar-refractivity contribution in [3.05, 3.63) is 83.5 Å². The Morgan fingerprint density at radius 3 is 2.35 bits per heavy atom. The van der Waals surface area contributed by atoms with E-state index in [1.807, 2.05) is 25.1 Å². The highest BCUT2D eigenvalue weighted by molar-refractivity contribution is 8.01. The van der Waals surface area contributed by atoms with Gasteiger partial charge in [0.2, 0.25) is 23.6 Å². The number of carboxylic acid groups (broad SMARTS) is 1. The van der Waals surface area contributed by atoms with Crippen LogP contribution in [0, 0.1) is 22.7 Å². The maximum absolute atomic E-state index is 17.8. The number of fused-ring (bicyclic) bond motifs is 7. The zero-order valence-electron chi connectivity index (χ0n) is 42.5. The van der Waals surface area contributed by atoms with Crippen LogP contribution in [0.5, 0.6) is 0 Å². The van der Waals surface area contributed by atoms with Crippen molar-refractivity contribution in [3.63, 3.8) is 0 Å². The number of hydrogen-bond donors (Lipinski definition) is 7. The molecule has 1 saturated heterocycles. The van der Waals surface area contributed by atoms with Gasteiger partial charge in [-0.1, -0.05) is 70.0 Å². The molecule has 3 saturated carbocycles. The highest BCUT2D eigenvalue weighted by Crippen LogP contribution is 2.72. The van der Waals surface area contributed by atoms with Gasteiger partial charge in [-0.2, -0.15) is 0 Å². The molecule has 402 valence electrons. The van der Waals surface area contributed by atoms with Crippen LogP contribution in [-0.4, -0.2) is 122 Å². The van der Waals surface area contributed by atoms with Gasteiger partial charge in [0, 0.05) is 56.9 Å². The molecule has 2 unspecified atom stereocenters. The second kappa shape index (κ2) is 23.1. The minimum atomic E-state index is -2.36. The zero-order valence-corrected chi connectivity index (χ0v) is 44.1. The fourth-order valence-corrected chi connectivity index (χ4v) is 14.2. The van der Waals surface area contributed by atoms with Gasteiger partial charge in [-0.15, -0.1) is 23.5 Å². The fourth-order valence-electron chi connectivity index (χ4n) is 12.0. The summed E-state index contributed by atoms with van der Waals surface area (Å²) in [5.74, 6) is -5.51. The first-order valence-electron chi connectivity index (χ1n) is 25.3. The molecule has 4 aliphatic carbocycles. The van der Waals surface area contributed by atoms with E-state index in [1.54, 1.807) is 37.3 Å². The van der Waals surface area contributed by atoms with Gasteiger partial charge in [-0.05, 0) is 93.9 Å². The lowest BCUT2D eigenvalue weighted by Gasteiger charge is -2.63. The number of carboxylic acids is 1. The summed E-state index contributed by atoms with van der Waals surface area (Å²) in [5, 5.41) is 41.3. The lowest BCUT2D eigenvalue weighted by molar-refractivity contribution is -0.235. The molecule has 0 bridgehead atoms. The Hall–Kier alpha value is -4.99. The number of amides is 4. The van der Waals surface area contributed by atoms with Crippen molar-refractivity contribution in [1.82, 2.24) is 16.0 Å². The van der Waals surface area contributed by atoms with E-state index in [9.17, 15) is 48.9 Å². The van der Waals surface area contributed by atoms with Crippen LogP contribution in [-0.2, 0) is 48.8 Å². The van der Waals surface area contributed by atoms with Gasteiger partial charge < -0.3 is 46.1 Å². The van der Waals surface area contributed by atoms with Gasteiger partial charge in [-0.25, -0.2) is 8.78 Å². The summed E-state index contributed by atoms with van der Waals surface area (Å²) in [4.78, 5) is 89.9. The number of benzene rings is 2. The Balaban J connectivity index is 0.890. The number of allylic oxidation sites excluding steroid dienone is 4. The maximum Gasteiger partial charge on any atom is 0.305 e. The normalized spacial score (nSPS) is 31.3. The minimum Gasteiger partial charge on any atom is -0.481 e. The molecule has 14 atom stereocenters. The zero-order chi connectivity index (χ0) is 53.9. The Morgan fingerprint density at radius 2 is 1.66 bits per heavy atom. The predicted octanol–water partition coefficient (Wildman–Crippen LogP) is 6.23. The van der Waals surface area contributed by atoms with E-state index in [0.717, 1.165) is 35.8 Å². The molecule has 74 heavy (non-hydrogen) atoms. The van der Waals surface area contributed by atoms with Crippen molar-refractivity contribution in [3.8, 4) is 0 Å². The molecule has 1 aliphatic heterocycles. The van der Waals surface area contributed by atoms with Crippen molar-refractivity contribution in [2.45, 2.75) is 162 Å². The number of unbranched alkanes of at least 4 members (excludes halogenated alkanes) is 1. The molecule has 0 aromatic heterocycles. The lowest BCUT2D eigenvalue weighted by Crippen LogP contribution is -2.70. The summed E-state index contributed by atoms with van der Waals surface area (Å²) in [6.45, 7) is 9.27. The summed E-state index contributed by atoms with van der Waals surface area (Å²) < 4.78 is 46.9. The van der Waals surface area contributed by atoms with Crippen LogP contribution in [0.25, 0.3) is 0 Å². The average molecular weight is 1070 g/mol. The Morgan fingerprint density at radius 1 is 0.946 bits per heavy atom. The maximum atomic E-state index is 17.8. The molecule has 16 nitrogen and oxygen atoms in total. The van der Waals surface area contributed by atoms with Crippen LogP contribution in [0.3, 0.4) is 0 Å². The first kappa shape index (κ1) is 56.7. The first-order chi connectivity index (χ1) is 35.0. The molecule has 7 N–H and O–H groups in total. The van der Waals surface area contributed by atoms with Gasteiger partial charge >= 0.3 is 5.97 Å². The molecular formula is C54H68F2N4O12S2. The number of halogens is 2. The van der Waals surface area contributed by atoms with Crippen LogP contribution in [0.15, 0.2) is 77.2 Å². The number of thioether (sulfide) groups is 2.